The Morgan fingerprint density at radius 3 is 2.29 bits per heavy atom. The Kier molecular flexibility index (Phi) is 0.432. The van der Waals surface area contributed by atoms with Gasteiger partial charge in [0.1, 0.15) is 5.92 Å². The molecule has 0 saturated heterocycles. The van der Waals surface area contributed by atoms with Gasteiger partial charge >= 0.3 is 0 Å². The molecule has 0 amide bonds. The minimum Gasteiger partial charge on any atom is -0.457 e. The molecule has 0 aromatic rings. The maximum atomic E-state index is 4.87. The van der Waals surface area contributed by atoms with Crippen LogP contribution in [0.2, 0.25) is 0 Å². The number of allylic oxidation sites excluding steroid dienone is 2. The van der Waals surface area contributed by atoms with Gasteiger partial charge < -0.3 is 4.74 Å². The van der Waals surface area contributed by atoms with E-state index in [0.717, 1.165) is 0 Å². The van der Waals surface area contributed by atoms with Crippen LogP contribution in [0.4, 0.5) is 0 Å². The van der Waals surface area contributed by atoms with Crippen molar-refractivity contribution in [3.05, 3.63) is 17.4 Å². The fraction of sp³-hybridized carbons (Fsp3) is 0.500. The summed E-state index contributed by atoms with van der Waals surface area (Å²) in [4.78, 5) is 0. The van der Waals surface area contributed by atoms with Crippen LogP contribution in [-0.4, -0.2) is 0 Å². The first-order valence-corrected chi connectivity index (χ1v) is 2.72. The predicted octanol–water partition coefficient (Wildman–Crippen LogP) is 1.62. The summed E-state index contributed by atoms with van der Waals surface area (Å²) < 4.78 is 4.87. The van der Waals surface area contributed by atoms with Crippen molar-refractivity contribution in [3.8, 4) is 0 Å². The lowest BCUT2D eigenvalue weighted by Gasteiger charge is -1.98. The van der Waals surface area contributed by atoms with Crippen LogP contribution in [0.5, 0.6) is 0 Å². The van der Waals surface area contributed by atoms with Crippen molar-refractivity contribution in [2.24, 2.45) is 0 Å². The summed E-state index contributed by atoms with van der Waals surface area (Å²) >= 11 is 0. The first kappa shape index (κ1) is 3.53. The topological polar surface area (TPSA) is 12.5 Å². The Bertz CT molecular complexity index is 123. The average molecular weight is 95.1 g/mol. The van der Waals surface area contributed by atoms with Crippen molar-refractivity contribution in [3.63, 3.8) is 0 Å². The maximum Gasteiger partial charge on any atom is 0.158 e. The fourth-order valence-corrected chi connectivity index (χ4v) is 0.819. The maximum absolute atomic E-state index is 4.87. The summed E-state index contributed by atoms with van der Waals surface area (Å²) in [5.74, 6) is 3.95. The van der Waals surface area contributed by atoms with E-state index in [2.05, 4.69) is 6.92 Å². The number of rotatable bonds is 2. The van der Waals surface area contributed by atoms with Crippen LogP contribution >= 0.6 is 0 Å². The highest BCUT2D eigenvalue weighted by Gasteiger charge is 2.55. The van der Waals surface area contributed by atoms with E-state index in [1.165, 1.54) is 30.3 Å². The summed E-state index contributed by atoms with van der Waals surface area (Å²) in [5.41, 5.74) is 0. The van der Waals surface area contributed by atoms with Gasteiger partial charge in [0.15, 0.2) is 11.5 Å². The second-order valence-electron chi connectivity index (χ2n) is 1.99. The Hall–Kier alpha value is -0.460. The molecule has 2 rings (SSSR count). The van der Waals surface area contributed by atoms with Gasteiger partial charge in [-0.1, -0.05) is 13.3 Å². The molecule has 0 atom stereocenters. The lowest BCUT2D eigenvalue weighted by atomic mass is 10.2. The molecule has 0 saturated carbocycles. The second-order valence-corrected chi connectivity index (χ2v) is 1.99. The zero-order chi connectivity index (χ0) is 4.85. The van der Waals surface area contributed by atoms with Crippen LogP contribution in [0.3, 0.4) is 0 Å². The molecule has 1 heterocycles. The van der Waals surface area contributed by atoms with Crippen LogP contribution in [-0.2, 0) is 4.74 Å². The lowest BCUT2D eigenvalue weighted by molar-refractivity contribution is 0.397. The highest BCUT2D eigenvalue weighted by atomic mass is 16.6. The predicted molar refractivity (Wildman–Crippen MR) is 26.3 cm³/mol. The molecule has 37 valence electrons. The quantitative estimate of drug-likeness (QED) is 0.507. The third-order valence-corrected chi connectivity index (χ3v) is 1.35. The summed E-state index contributed by atoms with van der Waals surface area (Å²) in [6, 6.07) is 0. The van der Waals surface area contributed by atoms with E-state index >= 15 is 0 Å². The Balaban J connectivity index is 1.76. The zero-order valence-corrected chi connectivity index (χ0v) is 4.32. The van der Waals surface area contributed by atoms with Gasteiger partial charge in [-0.15, -0.1) is 0 Å². The van der Waals surface area contributed by atoms with Crippen molar-refractivity contribution < 1.29 is 4.74 Å². The van der Waals surface area contributed by atoms with Crippen molar-refractivity contribution in [2.45, 2.75) is 19.8 Å². The van der Waals surface area contributed by atoms with Crippen LogP contribution < -0.4 is 0 Å². The smallest absolute Gasteiger partial charge is 0.158 e. The molecule has 0 spiro atoms. The molecule has 0 bridgehead atoms. The first-order chi connectivity index (χ1) is 3.43. The van der Waals surface area contributed by atoms with Crippen molar-refractivity contribution in [2.75, 3.05) is 0 Å². The van der Waals surface area contributed by atoms with E-state index in [1.807, 2.05) is 0 Å². The van der Waals surface area contributed by atoms with E-state index in [4.69, 9.17) is 4.74 Å². The molecule has 1 aliphatic carbocycles. The minimum atomic E-state index is 1.22. The summed E-state index contributed by atoms with van der Waals surface area (Å²) in [6.07, 6.45) is 2.50. The highest BCUT2D eigenvalue weighted by molar-refractivity contribution is 5.64. The standard InChI is InChI=1S/C6H7O/c1-2-3-4-5-6(4)7-5/h2-3H2,1H3. The highest BCUT2D eigenvalue weighted by Crippen LogP contribution is 2.61. The average Bonchev–Trinajstić information content (AvgIpc) is 2.41. The van der Waals surface area contributed by atoms with Crippen LogP contribution in [0.15, 0.2) is 11.5 Å². The summed E-state index contributed by atoms with van der Waals surface area (Å²) in [6.45, 7) is 2.19. The molecule has 0 N–H and O–H groups in total. The van der Waals surface area contributed by atoms with Crippen molar-refractivity contribution in [1.82, 2.24) is 0 Å². The third-order valence-electron chi connectivity index (χ3n) is 1.35. The van der Waals surface area contributed by atoms with Gasteiger partial charge in [-0.3, -0.25) is 0 Å². The van der Waals surface area contributed by atoms with E-state index in [-0.39, 0.29) is 0 Å². The third kappa shape index (κ3) is 0.328. The van der Waals surface area contributed by atoms with Crippen LogP contribution in [0.25, 0.3) is 0 Å². The molecular weight excluding hydrogens is 88.1 g/mol. The molecule has 0 unspecified atom stereocenters. The molecule has 1 radical (unpaired) electrons. The van der Waals surface area contributed by atoms with Gasteiger partial charge in [-0.2, -0.15) is 0 Å². The van der Waals surface area contributed by atoms with E-state index in [9.17, 15) is 0 Å². The SMILES string of the molecule is CCC[C]1C2=C1O2. The molecule has 1 heteroatoms. The number of ether oxygens (including phenoxy) is 1. The first-order valence-electron chi connectivity index (χ1n) is 2.72. The minimum absolute atomic E-state index is 1.22. The molecule has 7 heavy (non-hydrogen) atoms. The van der Waals surface area contributed by atoms with E-state index < -0.39 is 0 Å². The summed E-state index contributed by atoms with van der Waals surface area (Å²) in [7, 11) is 0. The lowest BCUT2D eigenvalue weighted by Crippen LogP contribution is -1.88. The molecule has 1 aliphatic heterocycles. The fourth-order valence-electron chi connectivity index (χ4n) is 0.819. The Morgan fingerprint density at radius 2 is 2.14 bits per heavy atom. The Morgan fingerprint density at radius 1 is 1.43 bits per heavy atom. The van der Waals surface area contributed by atoms with Gasteiger partial charge in [0, 0.05) is 0 Å². The van der Waals surface area contributed by atoms with Crippen LogP contribution in [0.1, 0.15) is 19.8 Å². The normalized spacial score (nSPS) is 24.1. The van der Waals surface area contributed by atoms with Crippen LogP contribution in [0, 0.1) is 5.92 Å². The monoisotopic (exact) mass is 95.0 g/mol. The number of hydrogen-bond donors (Lipinski definition) is 0. The van der Waals surface area contributed by atoms with E-state index in [1.54, 1.807) is 0 Å². The van der Waals surface area contributed by atoms with Crippen molar-refractivity contribution in [1.29, 1.82) is 0 Å². The molecule has 1 nitrogen and oxygen atoms in total. The van der Waals surface area contributed by atoms with Gasteiger partial charge in [0.05, 0.1) is 0 Å². The molecule has 0 aromatic heterocycles. The molecular formula is C6H7O. The molecule has 0 fully saturated rings. The van der Waals surface area contributed by atoms with Gasteiger partial charge in [0.2, 0.25) is 0 Å². The molecule has 0 aromatic carbocycles. The Labute approximate surface area is 43.0 Å². The zero-order valence-electron chi connectivity index (χ0n) is 4.32. The summed E-state index contributed by atoms with van der Waals surface area (Å²) in [5, 5.41) is 0. The van der Waals surface area contributed by atoms with E-state index in [0.29, 0.717) is 0 Å². The van der Waals surface area contributed by atoms with Gasteiger partial charge in [-0.25, -0.2) is 0 Å². The van der Waals surface area contributed by atoms with Gasteiger partial charge in [0.25, 0.3) is 0 Å². The second kappa shape index (κ2) is 0.857. The van der Waals surface area contributed by atoms with Crippen molar-refractivity contribution >= 4 is 0 Å². The number of hydrogen-bond acceptors (Lipinski definition) is 1. The molecule has 2 aliphatic rings. The van der Waals surface area contributed by atoms with Gasteiger partial charge in [-0.05, 0) is 6.42 Å². The largest absolute Gasteiger partial charge is 0.457 e.